The quantitative estimate of drug-likeness (QED) is 0.592. The first kappa shape index (κ1) is 24.0. The fourth-order valence-electron chi connectivity index (χ4n) is 4.05. The van der Waals surface area contributed by atoms with E-state index in [-0.39, 0.29) is 12.5 Å². The zero-order valence-electron chi connectivity index (χ0n) is 18.8. The Balaban J connectivity index is 1.63. The third-order valence-corrected chi connectivity index (χ3v) is 5.49. The highest BCUT2D eigenvalue weighted by molar-refractivity contribution is 5.73. The van der Waals surface area contributed by atoms with Gasteiger partial charge in [0.15, 0.2) is 17.8 Å². The van der Waals surface area contributed by atoms with E-state index in [1.54, 1.807) is 24.3 Å². The fraction of sp³-hybridized carbons (Fsp3) is 0.417. The molecule has 2 aliphatic heterocycles. The van der Waals surface area contributed by atoms with Crippen molar-refractivity contribution in [2.75, 3.05) is 20.3 Å². The molecule has 0 spiro atoms. The summed E-state index contributed by atoms with van der Waals surface area (Å²) in [6, 6.07) is 15.4. The van der Waals surface area contributed by atoms with Crippen LogP contribution in [0, 0.1) is 0 Å². The monoisotopic (exact) mass is 473 g/mol. The van der Waals surface area contributed by atoms with E-state index in [2.05, 4.69) is 5.32 Å². The first-order valence-corrected chi connectivity index (χ1v) is 10.8. The molecular formula is C24H27NO9. The molecule has 6 atom stereocenters. The van der Waals surface area contributed by atoms with E-state index < -0.39 is 49.5 Å². The van der Waals surface area contributed by atoms with Gasteiger partial charge >= 0.3 is 5.97 Å². The number of amides is 1. The molecule has 2 aromatic carbocycles. The van der Waals surface area contributed by atoms with Crippen LogP contribution in [-0.4, -0.2) is 68.0 Å². The van der Waals surface area contributed by atoms with Crippen molar-refractivity contribution >= 4 is 11.9 Å². The Labute approximate surface area is 196 Å². The van der Waals surface area contributed by atoms with Gasteiger partial charge in [0.1, 0.15) is 31.0 Å². The third kappa shape index (κ3) is 5.48. The highest BCUT2D eigenvalue weighted by Gasteiger charge is 2.52. The molecule has 6 unspecified atom stereocenters. The van der Waals surface area contributed by atoms with Crippen molar-refractivity contribution in [2.24, 2.45) is 0 Å². The number of aliphatic carboxylic acids is 1. The first-order valence-electron chi connectivity index (χ1n) is 10.8. The van der Waals surface area contributed by atoms with Gasteiger partial charge in [-0.1, -0.05) is 42.5 Å². The van der Waals surface area contributed by atoms with E-state index in [4.69, 9.17) is 28.4 Å². The summed E-state index contributed by atoms with van der Waals surface area (Å²) in [4.78, 5) is 23.4. The second-order valence-electron chi connectivity index (χ2n) is 7.88. The lowest BCUT2D eigenvalue weighted by molar-refractivity contribution is -0.337. The maximum Gasteiger partial charge on any atom is 0.329 e. The molecular weight excluding hydrogens is 446 g/mol. The van der Waals surface area contributed by atoms with Gasteiger partial charge in [-0.2, -0.15) is 0 Å². The van der Waals surface area contributed by atoms with Crippen molar-refractivity contribution in [1.82, 2.24) is 5.32 Å². The van der Waals surface area contributed by atoms with Crippen LogP contribution in [0.2, 0.25) is 0 Å². The number of para-hydroxylation sites is 2. The summed E-state index contributed by atoms with van der Waals surface area (Å²) in [6.07, 6.45) is -3.99. The molecule has 0 saturated carbocycles. The number of hydrogen-bond donors (Lipinski definition) is 2. The minimum atomic E-state index is -1.15. The summed E-state index contributed by atoms with van der Waals surface area (Å²) in [5, 5.41) is 12.0. The van der Waals surface area contributed by atoms with Crippen LogP contribution in [0.1, 0.15) is 18.8 Å². The predicted octanol–water partition coefficient (Wildman–Crippen LogP) is 1.89. The zero-order chi connectivity index (χ0) is 24.1. The van der Waals surface area contributed by atoms with Crippen molar-refractivity contribution in [3.8, 4) is 11.5 Å². The Morgan fingerprint density at radius 2 is 1.76 bits per heavy atom. The molecule has 1 amide bonds. The summed E-state index contributed by atoms with van der Waals surface area (Å²) in [6.45, 7) is 0.902. The molecule has 2 saturated heterocycles. The molecule has 2 fully saturated rings. The molecule has 0 aromatic heterocycles. The number of ether oxygens (including phenoxy) is 6. The molecule has 10 heteroatoms. The van der Waals surface area contributed by atoms with Crippen molar-refractivity contribution in [3.63, 3.8) is 0 Å². The second kappa shape index (κ2) is 10.8. The van der Waals surface area contributed by atoms with Gasteiger partial charge in [-0.25, -0.2) is 4.79 Å². The number of carboxylic acids is 1. The van der Waals surface area contributed by atoms with Gasteiger partial charge in [0.05, 0.1) is 13.7 Å². The van der Waals surface area contributed by atoms with Crippen LogP contribution < -0.4 is 14.8 Å². The molecule has 2 N–H and O–H groups in total. The zero-order valence-corrected chi connectivity index (χ0v) is 18.8. The number of methoxy groups -OCH3 is 1. The predicted molar refractivity (Wildman–Crippen MR) is 117 cm³/mol. The molecule has 182 valence electrons. The van der Waals surface area contributed by atoms with Crippen LogP contribution in [0.3, 0.4) is 0 Å². The van der Waals surface area contributed by atoms with Crippen molar-refractivity contribution in [3.05, 3.63) is 60.2 Å². The Morgan fingerprint density at radius 1 is 1.06 bits per heavy atom. The van der Waals surface area contributed by atoms with E-state index in [1.165, 1.54) is 14.0 Å². The van der Waals surface area contributed by atoms with E-state index in [0.717, 1.165) is 5.56 Å². The Hall–Kier alpha value is -3.18. The molecule has 34 heavy (non-hydrogen) atoms. The highest BCUT2D eigenvalue weighted by atomic mass is 16.8. The highest BCUT2D eigenvalue weighted by Crippen LogP contribution is 2.37. The van der Waals surface area contributed by atoms with Crippen LogP contribution in [0.5, 0.6) is 11.5 Å². The molecule has 0 bridgehead atoms. The number of rotatable bonds is 8. The van der Waals surface area contributed by atoms with E-state index in [0.29, 0.717) is 11.5 Å². The number of nitrogens with one attached hydrogen (secondary N) is 1. The van der Waals surface area contributed by atoms with Crippen LogP contribution in [0.4, 0.5) is 0 Å². The fourth-order valence-corrected chi connectivity index (χ4v) is 4.05. The molecule has 0 radical (unpaired) electrons. The molecule has 2 aliphatic rings. The second-order valence-corrected chi connectivity index (χ2v) is 7.88. The molecule has 2 aromatic rings. The van der Waals surface area contributed by atoms with Crippen LogP contribution >= 0.6 is 0 Å². The summed E-state index contributed by atoms with van der Waals surface area (Å²) >= 11 is 0. The summed E-state index contributed by atoms with van der Waals surface area (Å²) < 4.78 is 35.4. The number of benzene rings is 2. The van der Waals surface area contributed by atoms with Gasteiger partial charge in [-0.05, 0) is 12.1 Å². The first-order chi connectivity index (χ1) is 16.5. The van der Waals surface area contributed by atoms with E-state index >= 15 is 0 Å². The molecule has 10 nitrogen and oxygen atoms in total. The Bertz CT molecular complexity index is 985. The van der Waals surface area contributed by atoms with Crippen LogP contribution in [0.25, 0.3) is 0 Å². The number of fused-ring (bicyclic) bond motifs is 1. The maximum absolute atomic E-state index is 12.1. The topological polar surface area (TPSA) is 122 Å². The minimum absolute atomic E-state index is 0.149. The number of hydrogen-bond acceptors (Lipinski definition) is 8. The number of carbonyl (C=O) groups excluding carboxylic acids is 1. The summed E-state index contributed by atoms with van der Waals surface area (Å²) in [5.74, 6) is -0.659. The smallest absolute Gasteiger partial charge is 0.329 e. The minimum Gasteiger partial charge on any atom is -0.493 e. The SMILES string of the molecule is COc1ccccc1OC1OC2COC(c3ccccc3)OC2C(OCC(=O)O)C1NC(C)=O. The van der Waals surface area contributed by atoms with Gasteiger partial charge in [-0.3, -0.25) is 4.79 Å². The van der Waals surface area contributed by atoms with Crippen molar-refractivity contribution in [1.29, 1.82) is 0 Å². The van der Waals surface area contributed by atoms with E-state index in [1.807, 2.05) is 30.3 Å². The summed E-state index contributed by atoms with van der Waals surface area (Å²) in [5.41, 5.74) is 0.793. The molecule has 4 rings (SSSR count). The van der Waals surface area contributed by atoms with Crippen LogP contribution in [-0.2, 0) is 28.5 Å². The van der Waals surface area contributed by atoms with Gasteiger partial charge < -0.3 is 38.8 Å². The molecule has 2 heterocycles. The van der Waals surface area contributed by atoms with Crippen molar-refractivity contribution in [2.45, 2.75) is 43.9 Å². The average molecular weight is 473 g/mol. The van der Waals surface area contributed by atoms with Crippen LogP contribution in [0.15, 0.2) is 54.6 Å². The largest absolute Gasteiger partial charge is 0.493 e. The number of carboxylic acid groups (broad SMARTS) is 1. The van der Waals surface area contributed by atoms with E-state index in [9.17, 15) is 14.7 Å². The van der Waals surface area contributed by atoms with Crippen molar-refractivity contribution < 1.29 is 43.1 Å². The lowest BCUT2D eigenvalue weighted by atomic mass is 9.95. The van der Waals surface area contributed by atoms with Gasteiger partial charge in [0, 0.05) is 12.5 Å². The third-order valence-electron chi connectivity index (χ3n) is 5.49. The van der Waals surface area contributed by atoms with Gasteiger partial charge in [-0.15, -0.1) is 0 Å². The summed E-state index contributed by atoms with van der Waals surface area (Å²) in [7, 11) is 1.51. The Kier molecular flexibility index (Phi) is 7.63. The Morgan fingerprint density at radius 3 is 2.44 bits per heavy atom. The normalized spacial score (nSPS) is 28.4. The van der Waals surface area contributed by atoms with Gasteiger partial charge in [0.25, 0.3) is 0 Å². The lowest BCUT2D eigenvalue weighted by Gasteiger charge is -2.49. The average Bonchev–Trinajstić information content (AvgIpc) is 2.84. The molecule has 0 aliphatic carbocycles. The van der Waals surface area contributed by atoms with Gasteiger partial charge in [0.2, 0.25) is 12.2 Å². The maximum atomic E-state index is 12.1. The standard InChI is InChI=1S/C24H27NO9/c1-14(26)25-20-22(30-13-19(27)28)21-18(12-31-23(34-21)15-8-4-3-5-9-15)33-24(20)32-17-11-7-6-10-16(17)29-2/h3-11,18,20-24H,12-13H2,1-2H3,(H,25,26)(H,27,28). The number of carbonyl (C=O) groups is 2. The lowest BCUT2D eigenvalue weighted by Crippen LogP contribution is -2.68.